The normalized spacial score (nSPS) is 24.6. The zero-order chi connectivity index (χ0) is 19.7. The van der Waals surface area contributed by atoms with Crippen molar-refractivity contribution in [2.45, 2.75) is 31.0 Å². The van der Waals surface area contributed by atoms with E-state index in [2.05, 4.69) is 4.99 Å². The molecule has 2 amide bonds. The molecule has 1 fully saturated rings. The van der Waals surface area contributed by atoms with Crippen molar-refractivity contribution in [1.29, 1.82) is 0 Å². The standard InChI is InChI=1S/C21H21Cl2N3O2/c22-16-7-3-14(4-8-16)19-20(15-5-9-17(23)10-6-15)26(13-24-19)21(28)25-11-1-2-18(27)12-25/h3-10,13,18-20,27H,1-2,11-12H2. The Morgan fingerprint density at radius 3 is 2.21 bits per heavy atom. The molecule has 0 aromatic heterocycles. The van der Waals surface area contributed by atoms with Crippen molar-refractivity contribution >= 4 is 35.6 Å². The van der Waals surface area contributed by atoms with E-state index < -0.39 is 6.10 Å². The molecule has 0 aliphatic carbocycles. The number of carbonyl (C=O) groups excluding carboxylic acids is 1. The number of amides is 2. The van der Waals surface area contributed by atoms with Gasteiger partial charge < -0.3 is 10.0 Å². The molecule has 1 N–H and O–H groups in total. The molecule has 0 radical (unpaired) electrons. The first-order valence-electron chi connectivity index (χ1n) is 9.32. The lowest BCUT2D eigenvalue weighted by molar-refractivity contribution is 0.0749. The third-order valence-corrected chi connectivity index (χ3v) is 5.77. The summed E-state index contributed by atoms with van der Waals surface area (Å²) < 4.78 is 0. The van der Waals surface area contributed by atoms with Crippen LogP contribution in [0.15, 0.2) is 53.5 Å². The molecule has 1 saturated heterocycles. The van der Waals surface area contributed by atoms with Crippen LogP contribution in [-0.2, 0) is 0 Å². The van der Waals surface area contributed by atoms with Gasteiger partial charge in [-0.05, 0) is 48.2 Å². The van der Waals surface area contributed by atoms with Crippen LogP contribution in [-0.4, -0.2) is 46.5 Å². The van der Waals surface area contributed by atoms with Gasteiger partial charge in [-0.2, -0.15) is 0 Å². The van der Waals surface area contributed by atoms with Gasteiger partial charge in [0, 0.05) is 23.1 Å². The molecule has 2 aliphatic heterocycles. The second kappa shape index (κ2) is 8.11. The molecule has 4 rings (SSSR count). The first-order chi connectivity index (χ1) is 13.5. The van der Waals surface area contributed by atoms with Gasteiger partial charge in [0.2, 0.25) is 0 Å². The minimum Gasteiger partial charge on any atom is -0.391 e. The van der Waals surface area contributed by atoms with Gasteiger partial charge in [0.05, 0.1) is 18.5 Å². The predicted octanol–water partition coefficient (Wildman–Crippen LogP) is 4.70. The van der Waals surface area contributed by atoms with Crippen LogP contribution >= 0.6 is 23.2 Å². The van der Waals surface area contributed by atoms with Crippen molar-refractivity contribution in [3.63, 3.8) is 0 Å². The minimum absolute atomic E-state index is 0.140. The Kier molecular flexibility index (Phi) is 5.58. The molecule has 2 heterocycles. The lowest BCUT2D eigenvalue weighted by Gasteiger charge is -2.35. The summed E-state index contributed by atoms with van der Waals surface area (Å²) in [4.78, 5) is 21.2. The average Bonchev–Trinajstić information content (AvgIpc) is 3.13. The predicted molar refractivity (Wildman–Crippen MR) is 111 cm³/mol. The van der Waals surface area contributed by atoms with E-state index in [-0.39, 0.29) is 18.1 Å². The summed E-state index contributed by atoms with van der Waals surface area (Å²) in [5.74, 6) is 0. The summed E-state index contributed by atoms with van der Waals surface area (Å²) in [7, 11) is 0. The fourth-order valence-corrected chi connectivity index (χ4v) is 4.09. The zero-order valence-corrected chi connectivity index (χ0v) is 16.7. The number of rotatable bonds is 2. The summed E-state index contributed by atoms with van der Waals surface area (Å²) in [6.45, 7) is 0.987. The largest absolute Gasteiger partial charge is 0.391 e. The van der Waals surface area contributed by atoms with Gasteiger partial charge in [-0.15, -0.1) is 0 Å². The Bertz CT molecular complexity index is 870. The van der Waals surface area contributed by atoms with Crippen LogP contribution in [0.2, 0.25) is 10.0 Å². The van der Waals surface area contributed by atoms with Crippen molar-refractivity contribution in [1.82, 2.24) is 9.80 Å². The highest BCUT2D eigenvalue weighted by Crippen LogP contribution is 2.41. The lowest BCUT2D eigenvalue weighted by Crippen LogP contribution is -2.48. The molecule has 2 aromatic carbocycles. The SMILES string of the molecule is O=C(N1CCCC(O)C1)N1C=NC(c2ccc(Cl)cc2)C1c1ccc(Cl)cc1. The molecule has 3 unspecified atom stereocenters. The number of aliphatic hydroxyl groups is 1. The van der Waals surface area contributed by atoms with E-state index >= 15 is 0 Å². The highest BCUT2D eigenvalue weighted by Gasteiger charge is 2.39. The first kappa shape index (κ1) is 19.2. The van der Waals surface area contributed by atoms with Crippen LogP contribution in [0.3, 0.4) is 0 Å². The molecule has 146 valence electrons. The number of piperidine rings is 1. The Hall–Kier alpha value is -2.08. The fourth-order valence-electron chi connectivity index (χ4n) is 3.84. The number of benzene rings is 2. The number of nitrogens with zero attached hydrogens (tertiary/aromatic N) is 3. The molecule has 2 aliphatic rings. The van der Waals surface area contributed by atoms with Crippen LogP contribution in [0.5, 0.6) is 0 Å². The van der Waals surface area contributed by atoms with Crippen molar-refractivity contribution in [3.05, 3.63) is 69.7 Å². The number of aliphatic hydroxyl groups excluding tert-OH is 1. The van der Waals surface area contributed by atoms with Crippen molar-refractivity contribution in [3.8, 4) is 0 Å². The molecule has 0 saturated carbocycles. The topological polar surface area (TPSA) is 56.1 Å². The van der Waals surface area contributed by atoms with E-state index in [0.29, 0.717) is 23.1 Å². The van der Waals surface area contributed by atoms with E-state index in [4.69, 9.17) is 23.2 Å². The molecular formula is C21H21Cl2N3O2. The van der Waals surface area contributed by atoms with Gasteiger partial charge >= 0.3 is 6.03 Å². The number of urea groups is 1. The lowest BCUT2D eigenvalue weighted by atomic mass is 9.94. The van der Waals surface area contributed by atoms with Gasteiger partial charge in [-0.25, -0.2) is 4.79 Å². The highest BCUT2D eigenvalue weighted by atomic mass is 35.5. The molecule has 5 nitrogen and oxygen atoms in total. The Balaban J connectivity index is 1.67. The highest BCUT2D eigenvalue weighted by molar-refractivity contribution is 6.30. The third-order valence-electron chi connectivity index (χ3n) is 5.26. The number of hydrogen-bond donors (Lipinski definition) is 1. The van der Waals surface area contributed by atoms with Crippen LogP contribution in [0.25, 0.3) is 0 Å². The van der Waals surface area contributed by atoms with Crippen molar-refractivity contribution in [2.24, 2.45) is 4.99 Å². The third kappa shape index (κ3) is 3.88. The number of hydrogen-bond acceptors (Lipinski definition) is 3. The van der Waals surface area contributed by atoms with E-state index in [1.165, 1.54) is 0 Å². The number of carbonyl (C=O) groups is 1. The molecule has 3 atom stereocenters. The Morgan fingerprint density at radius 2 is 1.61 bits per heavy atom. The van der Waals surface area contributed by atoms with E-state index in [9.17, 15) is 9.90 Å². The smallest absolute Gasteiger partial charge is 0.325 e. The molecule has 0 spiro atoms. The second-order valence-corrected chi connectivity index (χ2v) is 8.06. The van der Waals surface area contributed by atoms with Crippen LogP contribution in [0, 0.1) is 0 Å². The van der Waals surface area contributed by atoms with Crippen LogP contribution < -0.4 is 0 Å². The van der Waals surface area contributed by atoms with Gasteiger partial charge in [0.15, 0.2) is 0 Å². The summed E-state index contributed by atoms with van der Waals surface area (Å²) in [6, 6.07) is 14.4. The maximum Gasteiger partial charge on any atom is 0.325 e. The number of β-amino-alcohol motifs (C(OH)–C–C–N with tert-alkyl or cyclic N) is 1. The summed E-state index contributed by atoms with van der Waals surface area (Å²) in [5, 5.41) is 11.3. The minimum atomic E-state index is -0.474. The molecule has 28 heavy (non-hydrogen) atoms. The first-order valence-corrected chi connectivity index (χ1v) is 10.1. The number of aliphatic imine (C=N–C) groups is 1. The van der Waals surface area contributed by atoms with Gasteiger partial charge in [0.1, 0.15) is 6.04 Å². The quantitative estimate of drug-likeness (QED) is 0.769. The van der Waals surface area contributed by atoms with Crippen LogP contribution in [0.1, 0.15) is 36.1 Å². The summed E-state index contributed by atoms with van der Waals surface area (Å²) in [5.41, 5.74) is 1.93. The van der Waals surface area contributed by atoms with Crippen molar-refractivity contribution in [2.75, 3.05) is 13.1 Å². The molecular weight excluding hydrogens is 397 g/mol. The molecule has 0 bridgehead atoms. The van der Waals surface area contributed by atoms with E-state index in [1.54, 1.807) is 16.1 Å². The van der Waals surface area contributed by atoms with Gasteiger partial charge in [-0.1, -0.05) is 47.5 Å². The Morgan fingerprint density at radius 1 is 1.00 bits per heavy atom. The van der Waals surface area contributed by atoms with E-state index in [1.807, 2.05) is 48.5 Å². The monoisotopic (exact) mass is 417 g/mol. The van der Waals surface area contributed by atoms with Crippen molar-refractivity contribution < 1.29 is 9.90 Å². The average molecular weight is 418 g/mol. The van der Waals surface area contributed by atoms with Gasteiger partial charge in [0.25, 0.3) is 0 Å². The van der Waals surface area contributed by atoms with Crippen LogP contribution in [0.4, 0.5) is 4.79 Å². The fraction of sp³-hybridized carbons (Fsp3) is 0.333. The molecule has 2 aromatic rings. The maximum atomic E-state index is 13.2. The summed E-state index contributed by atoms with van der Waals surface area (Å²) >= 11 is 12.1. The number of halogens is 2. The second-order valence-electron chi connectivity index (χ2n) is 7.19. The maximum absolute atomic E-state index is 13.2. The summed E-state index contributed by atoms with van der Waals surface area (Å²) in [6.07, 6.45) is 2.66. The number of likely N-dealkylation sites (tertiary alicyclic amines) is 1. The molecule has 7 heteroatoms. The zero-order valence-electron chi connectivity index (χ0n) is 15.2. The van der Waals surface area contributed by atoms with Gasteiger partial charge in [-0.3, -0.25) is 9.89 Å². The van der Waals surface area contributed by atoms with E-state index in [0.717, 1.165) is 24.0 Å². The Labute approximate surface area is 174 Å².